The van der Waals surface area contributed by atoms with Gasteiger partial charge in [-0.3, -0.25) is 4.90 Å². The Labute approximate surface area is 146 Å². The van der Waals surface area contributed by atoms with Gasteiger partial charge < -0.3 is 0 Å². The van der Waals surface area contributed by atoms with Gasteiger partial charge in [0.15, 0.2) is 0 Å². The summed E-state index contributed by atoms with van der Waals surface area (Å²) in [4.78, 5) is 1.38. The molecule has 0 N–H and O–H groups in total. The van der Waals surface area contributed by atoms with E-state index in [1.165, 1.54) is 27.2 Å². The van der Waals surface area contributed by atoms with Crippen LogP contribution in [0.3, 0.4) is 0 Å². The van der Waals surface area contributed by atoms with Crippen molar-refractivity contribution in [2.24, 2.45) is 0 Å². The molecule has 0 aliphatic heterocycles. The maximum Gasteiger partial charge on any atom is 0.401 e. The minimum atomic E-state index is -4.13. The average Bonchev–Trinajstić information content (AvgIpc) is 3.06. The molecule has 0 atom stereocenters. The molecule has 0 saturated heterocycles. The number of halogens is 3. The fourth-order valence-electron chi connectivity index (χ4n) is 4.98. The summed E-state index contributed by atoms with van der Waals surface area (Å²) in [6.07, 6.45) is -1.39. The highest BCUT2D eigenvalue weighted by Gasteiger charge is 2.51. The summed E-state index contributed by atoms with van der Waals surface area (Å²) in [5.74, 6) is 0.445. The number of rotatable bonds is 5. The first-order chi connectivity index (χ1) is 11.9. The molecule has 0 aromatic heterocycles. The molecule has 0 radical (unpaired) electrons. The topological polar surface area (TPSA) is 3.24 Å². The van der Waals surface area contributed by atoms with Crippen LogP contribution in [0.4, 0.5) is 13.2 Å². The van der Waals surface area contributed by atoms with Crippen LogP contribution in [0.2, 0.25) is 0 Å². The van der Waals surface area contributed by atoms with Crippen molar-refractivity contribution in [3.8, 4) is 0 Å². The lowest BCUT2D eigenvalue weighted by Crippen LogP contribution is -2.33. The molecule has 0 spiro atoms. The third kappa shape index (κ3) is 2.77. The van der Waals surface area contributed by atoms with E-state index in [1.807, 2.05) is 0 Å². The maximum atomic E-state index is 12.5. The SMILES string of the molecule is CN(CCCC12CC(c3ccccc31)c1ccccc12)CC(F)(F)F. The lowest BCUT2D eigenvalue weighted by Gasteiger charge is -2.32. The minimum absolute atomic E-state index is 0.0169. The van der Waals surface area contributed by atoms with Gasteiger partial charge in [-0.05, 0) is 55.1 Å². The van der Waals surface area contributed by atoms with Gasteiger partial charge >= 0.3 is 6.18 Å². The molecular formula is C21H22F3N. The largest absolute Gasteiger partial charge is 0.401 e. The standard InChI is InChI=1S/C21H22F3N/c1-25(14-21(22,23)24)12-6-11-20-13-17(15-7-2-4-9-18(15)20)16-8-3-5-10-19(16)20/h2-5,7-10,17H,6,11-14H2,1H3. The summed E-state index contributed by atoms with van der Waals surface area (Å²) in [5.41, 5.74) is 5.57. The molecule has 0 amide bonds. The molecule has 1 nitrogen and oxygen atoms in total. The molecule has 132 valence electrons. The molecule has 2 aromatic carbocycles. The molecule has 0 saturated carbocycles. The van der Waals surface area contributed by atoms with Crippen molar-refractivity contribution >= 4 is 0 Å². The number of alkyl halides is 3. The van der Waals surface area contributed by atoms with Gasteiger partial charge in [0.1, 0.15) is 0 Å². The fraction of sp³-hybridized carbons (Fsp3) is 0.429. The first-order valence-electron chi connectivity index (χ1n) is 8.85. The van der Waals surface area contributed by atoms with E-state index in [4.69, 9.17) is 0 Å². The number of fused-ring (bicyclic) bond motifs is 8. The quantitative estimate of drug-likeness (QED) is 0.729. The number of nitrogens with zero attached hydrogens (tertiary/aromatic N) is 1. The summed E-state index contributed by atoms with van der Waals surface area (Å²) in [7, 11) is 1.55. The van der Waals surface area contributed by atoms with Crippen molar-refractivity contribution in [1.29, 1.82) is 0 Å². The Balaban J connectivity index is 1.57. The molecule has 2 aromatic rings. The lowest BCUT2D eigenvalue weighted by atomic mass is 9.72. The molecule has 2 bridgehead atoms. The molecule has 0 unspecified atom stereocenters. The zero-order chi connectivity index (χ0) is 17.7. The Morgan fingerprint density at radius 3 is 2.12 bits per heavy atom. The minimum Gasteiger partial charge on any atom is -0.298 e. The van der Waals surface area contributed by atoms with Crippen LogP contribution in [0.5, 0.6) is 0 Å². The zero-order valence-electron chi connectivity index (χ0n) is 14.3. The Kier molecular flexibility index (Phi) is 3.91. The third-order valence-electron chi connectivity index (χ3n) is 5.85. The van der Waals surface area contributed by atoms with Crippen LogP contribution in [-0.2, 0) is 5.41 Å². The summed E-state index contributed by atoms with van der Waals surface area (Å²) in [6.45, 7) is -0.369. The van der Waals surface area contributed by atoms with Crippen LogP contribution in [0.15, 0.2) is 48.5 Å². The Bertz CT molecular complexity index is 733. The molecule has 4 heteroatoms. The van der Waals surface area contributed by atoms with Crippen LogP contribution >= 0.6 is 0 Å². The number of hydrogen-bond acceptors (Lipinski definition) is 1. The Morgan fingerprint density at radius 2 is 1.56 bits per heavy atom. The van der Waals surface area contributed by atoms with E-state index in [0.29, 0.717) is 12.5 Å². The van der Waals surface area contributed by atoms with E-state index in [9.17, 15) is 13.2 Å². The van der Waals surface area contributed by atoms with Gasteiger partial charge in [0.05, 0.1) is 6.54 Å². The van der Waals surface area contributed by atoms with Crippen LogP contribution < -0.4 is 0 Å². The monoisotopic (exact) mass is 345 g/mol. The molecule has 0 fully saturated rings. The summed E-state index contributed by atoms with van der Waals surface area (Å²) in [6, 6.07) is 17.2. The molecular weight excluding hydrogens is 323 g/mol. The van der Waals surface area contributed by atoms with Crippen LogP contribution in [-0.4, -0.2) is 31.2 Å². The Morgan fingerprint density at radius 1 is 1.00 bits per heavy atom. The smallest absolute Gasteiger partial charge is 0.298 e. The molecule has 2 aliphatic rings. The van der Waals surface area contributed by atoms with Crippen molar-refractivity contribution in [1.82, 2.24) is 4.90 Å². The summed E-state index contributed by atoms with van der Waals surface area (Å²) < 4.78 is 37.6. The second kappa shape index (κ2) is 5.87. The lowest BCUT2D eigenvalue weighted by molar-refractivity contribution is -0.143. The highest BCUT2D eigenvalue weighted by molar-refractivity contribution is 5.62. The van der Waals surface area contributed by atoms with E-state index in [2.05, 4.69) is 48.5 Å². The molecule has 25 heavy (non-hydrogen) atoms. The van der Waals surface area contributed by atoms with Gasteiger partial charge in [0.25, 0.3) is 0 Å². The highest BCUT2D eigenvalue weighted by Crippen LogP contribution is 2.61. The first kappa shape index (κ1) is 16.6. The second-order valence-corrected chi connectivity index (χ2v) is 7.47. The second-order valence-electron chi connectivity index (χ2n) is 7.47. The normalized spacial score (nSPS) is 23.8. The Hall–Kier alpha value is -1.81. The van der Waals surface area contributed by atoms with Crippen molar-refractivity contribution < 1.29 is 13.2 Å². The first-order valence-corrected chi connectivity index (χ1v) is 8.85. The van der Waals surface area contributed by atoms with Crippen molar-refractivity contribution in [2.75, 3.05) is 20.1 Å². The van der Waals surface area contributed by atoms with Gasteiger partial charge in [0, 0.05) is 11.3 Å². The fourth-order valence-corrected chi connectivity index (χ4v) is 4.98. The zero-order valence-corrected chi connectivity index (χ0v) is 14.3. The van der Waals surface area contributed by atoms with E-state index in [-0.39, 0.29) is 5.41 Å². The van der Waals surface area contributed by atoms with Gasteiger partial charge in [-0.1, -0.05) is 48.5 Å². The van der Waals surface area contributed by atoms with E-state index in [1.54, 1.807) is 7.05 Å². The van der Waals surface area contributed by atoms with Crippen LogP contribution in [0.1, 0.15) is 47.4 Å². The van der Waals surface area contributed by atoms with Gasteiger partial charge in [-0.25, -0.2) is 0 Å². The molecule has 4 rings (SSSR count). The van der Waals surface area contributed by atoms with Gasteiger partial charge in [-0.2, -0.15) is 13.2 Å². The predicted octanol–water partition coefficient (Wildman–Crippen LogP) is 5.10. The van der Waals surface area contributed by atoms with Crippen molar-refractivity contribution in [2.45, 2.75) is 36.8 Å². The maximum absolute atomic E-state index is 12.5. The van der Waals surface area contributed by atoms with E-state index >= 15 is 0 Å². The predicted molar refractivity (Wildman–Crippen MR) is 92.9 cm³/mol. The van der Waals surface area contributed by atoms with Gasteiger partial charge in [0.2, 0.25) is 0 Å². The third-order valence-corrected chi connectivity index (χ3v) is 5.85. The highest BCUT2D eigenvalue weighted by atomic mass is 19.4. The van der Waals surface area contributed by atoms with Gasteiger partial charge in [-0.15, -0.1) is 0 Å². The molecule has 2 aliphatic carbocycles. The number of benzene rings is 2. The van der Waals surface area contributed by atoms with Crippen LogP contribution in [0.25, 0.3) is 0 Å². The van der Waals surface area contributed by atoms with Crippen LogP contribution in [0, 0.1) is 0 Å². The van der Waals surface area contributed by atoms with Crippen molar-refractivity contribution in [3.63, 3.8) is 0 Å². The van der Waals surface area contributed by atoms with E-state index < -0.39 is 12.7 Å². The average molecular weight is 345 g/mol. The number of hydrogen-bond donors (Lipinski definition) is 0. The molecule has 0 heterocycles. The summed E-state index contributed by atoms with van der Waals surface area (Å²) >= 11 is 0. The summed E-state index contributed by atoms with van der Waals surface area (Å²) in [5, 5.41) is 0. The van der Waals surface area contributed by atoms with Crippen molar-refractivity contribution in [3.05, 3.63) is 70.8 Å². The van der Waals surface area contributed by atoms with E-state index in [0.717, 1.165) is 19.3 Å².